The lowest BCUT2D eigenvalue weighted by atomic mass is 9.81. The first-order valence-corrected chi connectivity index (χ1v) is 8.99. The number of fused-ring (bicyclic) bond motifs is 2. The van der Waals surface area contributed by atoms with E-state index in [0.29, 0.717) is 0 Å². The smallest absolute Gasteiger partial charge is 0.0149 e. The molecule has 0 fully saturated rings. The first-order chi connectivity index (χ1) is 10.8. The molecule has 0 saturated heterocycles. The molecule has 0 N–H and O–H groups in total. The van der Waals surface area contributed by atoms with E-state index in [2.05, 4.69) is 38.1 Å². The van der Waals surface area contributed by atoms with Crippen molar-refractivity contribution >= 4 is 0 Å². The number of aryl methyl sites for hydroxylation is 2. The zero-order chi connectivity index (χ0) is 15.1. The second-order valence-electron chi connectivity index (χ2n) is 7.17. The topological polar surface area (TPSA) is 0 Å². The van der Waals surface area contributed by atoms with Crippen LogP contribution in [-0.4, -0.2) is 0 Å². The summed E-state index contributed by atoms with van der Waals surface area (Å²) in [6.07, 6.45) is 10.6. The molecule has 2 aliphatic rings. The molecule has 0 nitrogen and oxygen atoms in total. The summed E-state index contributed by atoms with van der Waals surface area (Å²) in [5.41, 5.74) is 12.5. The normalized spacial score (nSPS) is 17.0. The van der Waals surface area contributed by atoms with Crippen molar-refractivity contribution < 1.29 is 0 Å². The second kappa shape index (κ2) is 5.57. The molecule has 0 aliphatic heterocycles. The molecule has 0 amide bonds. The van der Waals surface area contributed by atoms with Gasteiger partial charge in [-0.3, -0.25) is 0 Å². The zero-order valence-corrected chi connectivity index (χ0v) is 14.0. The summed E-state index contributed by atoms with van der Waals surface area (Å²) in [5.74, 6) is 0. The van der Waals surface area contributed by atoms with Crippen molar-refractivity contribution in [1.29, 1.82) is 0 Å². The van der Waals surface area contributed by atoms with E-state index in [-0.39, 0.29) is 0 Å². The lowest BCUT2D eigenvalue weighted by Gasteiger charge is -2.24. The summed E-state index contributed by atoms with van der Waals surface area (Å²) in [6.45, 7) is 4.69. The molecule has 0 unspecified atom stereocenters. The van der Waals surface area contributed by atoms with Crippen LogP contribution in [0, 0.1) is 13.8 Å². The van der Waals surface area contributed by atoms with Crippen molar-refractivity contribution in [3.8, 4) is 11.1 Å². The molecule has 2 aromatic rings. The van der Waals surface area contributed by atoms with Crippen LogP contribution in [0.15, 0.2) is 24.3 Å². The van der Waals surface area contributed by atoms with Gasteiger partial charge in [-0.2, -0.15) is 0 Å². The minimum absolute atomic E-state index is 1.28. The molecule has 114 valence electrons. The third kappa shape index (κ3) is 2.20. The monoisotopic (exact) mass is 290 g/mol. The summed E-state index contributed by atoms with van der Waals surface area (Å²) < 4.78 is 0. The largest absolute Gasteiger partial charge is 0.0581 e. The van der Waals surface area contributed by atoms with Crippen molar-refractivity contribution in [3.63, 3.8) is 0 Å². The van der Waals surface area contributed by atoms with E-state index >= 15 is 0 Å². The van der Waals surface area contributed by atoms with Crippen molar-refractivity contribution in [1.82, 2.24) is 0 Å². The highest BCUT2D eigenvalue weighted by Crippen LogP contribution is 2.36. The average molecular weight is 290 g/mol. The van der Waals surface area contributed by atoms with E-state index in [9.17, 15) is 0 Å². The SMILES string of the molecule is Cc1c(-c2ccc3c(c2C)CCCC3)ccc2c1CCCC2. The van der Waals surface area contributed by atoms with Crippen LogP contribution in [0.2, 0.25) is 0 Å². The van der Waals surface area contributed by atoms with Crippen LogP contribution >= 0.6 is 0 Å². The van der Waals surface area contributed by atoms with E-state index in [4.69, 9.17) is 0 Å². The van der Waals surface area contributed by atoms with Crippen LogP contribution in [0.3, 0.4) is 0 Å². The van der Waals surface area contributed by atoms with Gasteiger partial charge in [0.1, 0.15) is 0 Å². The lowest BCUT2D eigenvalue weighted by Crippen LogP contribution is -2.08. The van der Waals surface area contributed by atoms with Gasteiger partial charge in [0.05, 0.1) is 0 Å². The van der Waals surface area contributed by atoms with Crippen LogP contribution in [0.1, 0.15) is 59.1 Å². The van der Waals surface area contributed by atoms with E-state index in [1.807, 2.05) is 0 Å². The van der Waals surface area contributed by atoms with Gasteiger partial charge in [0.2, 0.25) is 0 Å². The highest BCUT2D eigenvalue weighted by atomic mass is 14.2. The van der Waals surface area contributed by atoms with Crippen LogP contribution in [0.4, 0.5) is 0 Å². The Balaban J connectivity index is 1.86. The predicted octanol–water partition coefficient (Wildman–Crippen LogP) is 5.73. The molecule has 0 spiro atoms. The van der Waals surface area contributed by atoms with Gasteiger partial charge in [0, 0.05) is 0 Å². The van der Waals surface area contributed by atoms with Crippen molar-refractivity contribution in [3.05, 3.63) is 57.6 Å². The van der Waals surface area contributed by atoms with Crippen molar-refractivity contribution in [2.45, 2.75) is 65.2 Å². The molecule has 0 bridgehead atoms. The van der Waals surface area contributed by atoms with Crippen LogP contribution in [0.25, 0.3) is 11.1 Å². The molecule has 22 heavy (non-hydrogen) atoms. The maximum absolute atomic E-state index is 2.40. The standard InChI is InChI=1S/C22H26/c1-15-19-9-5-3-7-17(19)11-13-21(15)22-14-12-18-8-4-6-10-20(18)16(22)2/h11-14H,3-10H2,1-2H3. The van der Waals surface area contributed by atoms with E-state index in [1.54, 1.807) is 22.3 Å². The van der Waals surface area contributed by atoms with Gasteiger partial charge < -0.3 is 0 Å². The molecule has 0 atom stereocenters. The molecular formula is C22H26. The number of hydrogen-bond donors (Lipinski definition) is 0. The Hall–Kier alpha value is -1.56. The molecule has 4 rings (SSSR count). The molecule has 0 heteroatoms. The molecule has 0 saturated carbocycles. The van der Waals surface area contributed by atoms with Crippen LogP contribution in [-0.2, 0) is 25.7 Å². The number of rotatable bonds is 1. The first-order valence-electron chi connectivity index (χ1n) is 8.99. The fourth-order valence-electron chi connectivity index (χ4n) is 4.61. The Labute approximate surface area is 134 Å². The molecular weight excluding hydrogens is 264 g/mol. The van der Waals surface area contributed by atoms with E-state index in [0.717, 1.165) is 0 Å². The quantitative estimate of drug-likeness (QED) is 0.629. The van der Waals surface area contributed by atoms with Crippen LogP contribution < -0.4 is 0 Å². The molecule has 2 aromatic carbocycles. The zero-order valence-electron chi connectivity index (χ0n) is 14.0. The third-order valence-corrected chi connectivity index (χ3v) is 5.93. The van der Waals surface area contributed by atoms with Gasteiger partial charge in [-0.15, -0.1) is 0 Å². The Bertz CT molecular complexity index is 658. The summed E-state index contributed by atoms with van der Waals surface area (Å²) in [5, 5.41) is 0. The van der Waals surface area contributed by atoms with Gasteiger partial charge in [0.25, 0.3) is 0 Å². The molecule has 2 aliphatic carbocycles. The summed E-state index contributed by atoms with van der Waals surface area (Å²) in [6, 6.07) is 9.57. The summed E-state index contributed by atoms with van der Waals surface area (Å²) in [7, 11) is 0. The molecule has 0 aromatic heterocycles. The lowest BCUT2D eigenvalue weighted by molar-refractivity contribution is 0.681. The second-order valence-corrected chi connectivity index (χ2v) is 7.17. The van der Waals surface area contributed by atoms with E-state index in [1.165, 1.54) is 73.6 Å². The predicted molar refractivity (Wildman–Crippen MR) is 94.6 cm³/mol. The maximum atomic E-state index is 2.40. The summed E-state index contributed by atoms with van der Waals surface area (Å²) in [4.78, 5) is 0. The van der Waals surface area contributed by atoms with Gasteiger partial charge in [-0.25, -0.2) is 0 Å². The molecule has 0 heterocycles. The van der Waals surface area contributed by atoms with E-state index < -0.39 is 0 Å². The van der Waals surface area contributed by atoms with Crippen LogP contribution in [0.5, 0.6) is 0 Å². The maximum Gasteiger partial charge on any atom is -0.0149 e. The minimum Gasteiger partial charge on any atom is -0.0581 e. The Morgan fingerprint density at radius 1 is 0.545 bits per heavy atom. The number of hydrogen-bond acceptors (Lipinski definition) is 0. The van der Waals surface area contributed by atoms with Crippen molar-refractivity contribution in [2.75, 3.05) is 0 Å². The first kappa shape index (κ1) is 14.1. The highest BCUT2D eigenvalue weighted by molar-refractivity contribution is 5.74. The Morgan fingerprint density at radius 2 is 0.955 bits per heavy atom. The minimum atomic E-state index is 1.28. The Kier molecular flexibility index (Phi) is 3.56. The average Bonchev–Trinajstić information content (AvgIpc) is 2.57. The van der Waals surface area contributed by atoms with Gasteiger partial charge in [-0.05, 0) is 110 Å². The van der Waals surface area contributed by atoms with Gasteiger partial charge in [0.15, 0.2) is 0 Å². The Morgan fingerprint density at radius 3 is 1.41 bits per heavy atom. The number of benzene rings is 2. The molecule has 0 radical (unpaired) electrons. The van der Waals surface area contributed by atoms with Gasteiger partial charge in [-0.1, -0.05) is 24.3 Å². The fraction of sp³-hybridized carbons (Fsp3) is 0.455. The summed E-state index contributed by atoms with van der Waals surface area (Å²) >= 11 is 0. The van der Waals surface area contributed by atoms with Gasteiger partial charge >= 0.3 is 0 Å². The third-order valence-electron chi connectivity index (χ3n) is 5.93. The highest BCUT2D eigenvalue weighted by Gasteiger charge is 2.18. The van der Waals surface area contributed by atoms with Crippen molar-refractivity contribution in [2.24, 2.45) is 0 Å². The fourth-order valence-corrected chi connectivity index (χ4v) is 4.61.